The number of sulfonamides is 1. The molecule has 0 aliphatic carbocycles. The molecule has 1 aliphatic heterocycles. The first-order valence-electron chi connectivity index (χ1n) is 9.19. The SMILES string of the molecule is Cc1ccc(C(C)NS(=O)(=O)c2ccc(N3CCCC3=O)c(C)c2)c(C)c1. The van der Waals surface area contributed by atoms with Crippen LogP contribution in [-0.2, 0) is 14.8 Å². The van der Waals surface area contributed by atoms with Crippen LogP contribution in [-0.4, -0.2) is 20.9 Å². The van der Waals surface area contributed by atoms with Crippen LogP contribution in [0, 0.1) is 20.8 Å². The van der Waals surface area contributed by atoms with Crippen molar-refractivity contribution in [1.29, 1.82) is 0 Å². The Bertz CT molecular complexity index is 983. The van der Waals surface area contributed by atoms with Gasteiger partial charge in [-0.25, -0.2) is 13.1 Å². The number of carbonyl (C=O) groups excluding carboxylic acids is 1. The summed E-state index contributed by atoms with van der Waals surface area (Å²) in [4.78, 5) is 13.9. The monoisotopic (exact) mass is 386 g/mol. The van der Waals surface area contributed by atoms with E-state index >= 15 is 0 Å². The lowest BCUT2D eigenvalue weighted by Crippen LogP contribution is -2.28. The summed E-state index contributed by atoms with van der Waals surface area (Å²) in [6.07, 6.45) is 1.39. The smallest absolute Gasteiger partial charge is 0.241 e. The van der Waals surface area contributed by atoms with Crippen molar-refractivity contribution in [2.75, 3.05) is 11.4 Å². The van der Waals surface area contributed by atoms with Gasteiger partial charge in [0.15, 0.2) is 0 Å². The molecule has 1 amide bonds. The van der Waals surface area contributed by atoms with Crippen molar-refractivity contribution in [3.8, 4) is 0 Å². The van der Waals surface area contributed by atoms with Gasteiger partial charge in [-0.05, 0) is 69.0 Å². The van der Waals surface area contributed by atoms with Crippen molar-refractivity contribution in [2.24, 2.45) is 0 Å². The number of rotatable bonds is 5. The van der Waals surface area contributed by atoms with Crippen molar-refractivity contribution in [2.45, 2.75) is 51.5 Å². The number of benzene rings is 2. The second-order valence-corrected chi connectivity index (χ2v) is 9.01. The molecule has 27 heavy (non-hydrogen) atoms. The van der Waals surface area contributed by atoms with E-state index < -0.39 is 10.0 Å². The molecule has 0 bridgehead atoms. The van der Waals surface area contributed by atoms with Gasteiger partial charge in [0.25, 0.3) is 0 Å². The molecule has 144 valence electrons. The van der Waals surface area contributed by atoms with Crippen LogP contribution in [0.15, 0.2) is 41.3 Å². The van der Waals surface area contributed by atoms with Gasteiger partial charge in [0.2, 0.25) is 15.9 Å². The largest absolute Gasteiger partial charge is 0.312 e. The second-order valence-electron chi connectivity index (χ2n) is 7.30. The maximum absolute atomic E-state index is 12.9. The van der Waals surface area contributed by atoms with E-state index in [-0.39, 0.29) is 16.8 Å². The molecule has 1 atom stereocenters. The number of carbonyl (C=O) groups is 1. The third-order valence-corrected chi connectivity index (χ3v) is 6.60. The van der Waals surface area contributed by atoms with Crippen molar-refractivity contribution in [1.82, 2.24) is 4.72 Å². The average Bonchev–Trinajstić information content (AvgIpc) is 3.00. The number of nitrogens with zero attached hydrogens (tertiary/aromatic N) is 1. The average molecular weight is 387 g/mol. The van der Waals surface area contributed by atoms with E-state index in [1.807, 2.05) is 45.9 Å². The Hall–Kier alpha value is -2.18. The minimum Gasteiger partial charge on any atom is -0.312 e. The Morgan fingerprint density at radius 3 is 2.37 bits per heavy atom. The standard InChI is InChI=1S/C21H26N2O3S/c1-14-7-9-19(15(2)12-14)17(4)22-27(25,26)18-8-10-20(16(3)13-18)23-11-5-6-21(23)24/h7-10,12-13,17,22H,5-6,11H2,1-4H3. The van der Waals surface area contributed by atoms with Gasteiger partial charge >= 0.3 is 0 Å². The fourth-order valence-electron chi connectivity index (χ4n) is 3.68. The highest BCUT2D eigenvalue weighted by atomic mass is 32.2. The van der Waals surface area contributed by atoms with Gasteiger partial charge in [0.1, 0.15) is 0 Å². The first-order chi connectivity index (χ1) is 12.7. The fourth-order valence-corrected chi connectivity index (χ4v) is 4.98. The molecule has 1 fully saturated rings. The topological polar surface area (TPSA) is 66.5 Å². The molecule has 0 saturated carbocycles. The Balaban J connectivity index is 1.84. The van der Waals surface area contributed by atoms with Gasteiger partial charge in [-0.1, -0.05) is 23.8 Å². The molecule has 3 rings (SSSR count). The molecular weight excluding hydrogens is 360 g/mol. The van der Waals surface area contributed by atoms with Crippen LogP contribution < -0.4 is 9.62 Å². The van der Waals surface area contributed by atoms with E-state index in [9.17, 15) is 13.2 Å². The van der Waals surface area contributed by atoms with Gasteiger partial charge in [0, 0.05) is 24.7 Å². The van der Waals surface area contributed by atoms with Crippen LogP contribution in [0.4, 0.5) is 5.69 Å². The van der Waals surface area contributed by atoms with Crippen molar-refractivity contribution in [3.63, 3.8) is 0 Å². The number of amides is 1. The maximum Gasteiger partial charge on any atom is 0.241 e. The molecule has 5 nitrogen and oxygen atoms in total. The molecule has 1 heterocycles. The quantitative estimate of drug-likeness (QED) is 0.850. The fraction of sp³-hybridized carbons (Fsp3) is 0.381. The van der Waals surface area contributed by atoms with Crippen LogP contribution >= 0.6 is 0 Å². The number of hydrogen-bond donors (Lipinski definition) is 1. The van der Waals surface area contributed by atoms with E-state index in [4.69, 9.17) is 0 Å². The van der Waals surface area contributed by atoms with Crippen molar-refractivity contribution >= 4 is 21.6 Å². The zero-order valence-electron chi connectivity index (χ0n) is 16.2. The lowest BCUT2D eigenvalue weighted by Gasteiger charge is -2.20. The first kappa shape index (κ1) is 19.6. The highest BCUT2D eigenvalue weighted by molar-refractivity contribution is 7.89. The molecule has 6 heteroatoms. The third kappa shape index (κ3) is 4.06. The molecule has 2 aromatic rings. The Morgan fingerprint density at radius 2 is 1.78 bits per heavy atom. The summed E-state index contributed by atoms with van der Waals surface area (Å²) in [6.45, 7) is 8.38. The first-order valence-corrected chi connectivity index (χ1v) is 10.7. The summed E-state index contributed by atoms with van der Waals surface area (Å²) >= 11 is 0. The van der Waals surface area contributed by atoms with Crippen molar-refractivity contribution < 1.29 is 13.2 Å². The van der Waals surface area contributed by atoms with Gasteiger partial charge in [-0.2, -0.15) is 0 Å². The van der Waals surface area contributed by atoms with Crippen LogP contribution in [0.25, 0.3) is 0 Å². The summed E-state index contributed by atoms with van der Waals surface area (Å²) in [5.41, 5.74) is 4.74. The molecule has 0 radical (unpaired) electrons. The summed E-state index contributed by atoms with van der Waals surface area (Å²) < 4.78 is 28.5. The van der Waals surface area contributed by atoms with Crippen LogP contribution in [0.5, 0.6) is 0 Å². The lowest BCUT2D eigenvalue weighted by atomic mass is 10.0. The van der Waals surface area contributed by atoms with E-state index in [1.165, 1.54) is 0 Å². The third-order valence-electron chi connectivity index (χ3n) is 5.07. The molecule has 1 aliphatic rings. The number of nitrogens with one attached hydrogen (secondary N) is 1. The van der Waals surface area contributed by atoms with E-state index in [1.54, 1.807) is 23.1 Å². The minimum atomic E-state index is -3.66. The van der Waals surface area contributed by atoms with E-state index in [2.05, 4.69) is 4.72 Å². The summed E-state index contributed by atoms with van der Waals surface area (Å²) in [7, 11) is -3.66. The molecule has 1 saturated heterocycles. The number of aryl methyl sites for hydroxylation is 3. The highest BCUT2D eigenvalue weighted by Gasteiger charge is 2.25. The molecule has 2 aromatic carbocycles. The Labute approximate surface area is 161 Å². The minimum absolute atomic E-state index is 0.0929. The maximum atomic E-state index is 12.9. The zero-order chi connectivity index (χ0) is 19.8. The van der Waals surface area contributed by atoms with Gasteiger partial charge in [-0.15, -0.1) is 0 Å². The van der Waals surface area contributed by atoms with Gasteiger partial charge in [-0.3, -0.25) is 4.79 Å². The highest BCUT2D eigenvalue weighted by Crippen LogP contribution is 2.28. The van der Waals surface area contributed by atoms with Crippen LogP contribution in [0.3, 0.4) is 0 Å². The van der Waals surface area contributed by atoms with Crippen LogP contribution in [0.1, 0.15) is 48.1 Å². The van der Waals surface area contributed by atoms with Crippen molar-refractivity contribution in [3.05, 3.63) is 58.7 Å². The molecule has 0 aromatic heterocycles. The number of hydrogen-bond acceptors (Lipinski definition) is 3. The predicted octanol–water partition coefficient (Wildman–Crippen LogP) is 3.78. The van der Waals surface area contributed by atoms with Crippen LogP contribution in [0.2, 0.25) is 0 Å². The molecular formula is C21H26N2O3S. The lowest BCUT2D eigenvalue weighted by molar-refractivity contribution is -0.117. The normalized spacial score (nSPS) is 16.0. The summed E-state index contributed by atoms with van der Waals surface area (Å²) in [5, 5.41) is 0. The predicted molar refractivity (Wildman–Crippen MR) is 107 cm³/mol. The molecule has 0 spiro atoms. The van der Waals surface area contributed by atoms with Gasteiger partial charge in [0.05, 0.1) is 4.90 Å². The van der Waals surface area contributed by atoms with E-state index in [0.29, 0.717) is 13.0 Å². The second kappa shape index (κ2) is 7.44. The molecule has 1 unspecified atom stereocenters. The number of anilines is 1. The van der Waals surface area contributed by atoms with E-state index in [0.717, 1.165) is 34.4 Å². The summed E-state index contributed by atoms with van der Waals surface area (Å²) in [6, 6.07) is 10.6. The molecule has 1 N–H and O–H groups in total. The summed E-state index contributed by atoms with van der Waals surface area (Å²) in [5.74, 6) is 0.0929. The zero-order valence-corrected chi connectivity index (χ0v) is 17.1. The van der Waals surface area contributed by atoms with Gasteiger partial charge < -0.3 is 4.90 Å². The Kier molecular flexibility index (Phi) is 5.40. The Morgan fingerprint density at radius 1 is 1.04 bits per heavy atom.